The molecule has 0 fully saturated rings. The Labute approximate surface area is 178 Å². The summed E-state index contributed by atoms with van der Waals surface area (Å²) in [4.78, 5) is 23.1. The van der Waals surface area contributed by atoms with Crippen LogP contribution in [0.2, 0.25) is 0 Å². The number of benzene rings is 2. The highest BCUT2D eigenvalue weighted by Crippen LogP contribution is 2.41. The summed E-state index contributed by atoms with van der Waals surface area (Å²) in [5.41, 5.74) is 2.01. The second-order valence-electron chi connectivity index (χ2n) is 6.71. The van der Waals surface area contributed by atoms with Crippen LogP contribution in [-0.4, -0.2) is 48.0 Å². The fourth-order valence-electron chi connectivity index (χ4n) is 3.49. The summed E-state index contributed by atoms with van der Waals surface area (Å²) in [6.45, 7) is 0.437. The molecule has 31 heavy (non-hydrogen) atoms. The van der Waals surface area contributed by atoms with Gasteiger partial charge in [-0.05, 0) is 29.8 Å². The number of hydrogen-bond donors (Lipinski definition) is 1. The molecule has 2 aliphatic heterocycles. The minimum absolute atomic E-state index is 0.407. The van der Waals surface area contributed by atoms with Gasteiger partial charge >= 0.3 is 5.69 Å². The van der Waals surface area contributed by atoms with Gasteiger partial charge in [-0.2, -0.15) is 4.98 Å². The van der Waals surface area contributed by atoms with Crippen molar-refractivity contribution in [2.45, 2.75) is 6.54 Å². The highest BCUT2D eigenvalue weighted by Gasteiger charge is 2.21. The van der Waals surface area contributed by atoms with Crippen LogP contribution in [0.4, 0.5) is 0 Å². The van der Waals surface area contributed by atoms with Crippen LogP contribution < -0.4 is 24.6 Å². The predicted molar refractivity (Wildman–Crippen MR) is 114 cm³/mol. The van der Waals surface area contributed by atoms with Gasteiger partial charge in [0.25, 0.3) is 0 Å². The molecule has 0 unspecified atom stereocenters. The van der Waals surface area contributed by atoms with Gasteiger partial charge in [0.2, 0.25) is 5.75 Å². The number of rotatable bonds is 7. The van der Waals surface area contributed by atoms with E-state index in [1.807, 2.05) is 41.0 Å². The largest absolute Gasteiger partial charge is 0.497 e. The first-order chi connectivity index (χ1) is 15.1. The van der Waals surface area contributed by atoms with Crippen molar-refractivity contribution in [3.63, 3.8) is 0 Å². The molecule has 0 spiro atoms. The van der Waals surface area contributed by atoms with Crippen LogP contribution in [0.5, 0.6) is 23.0 Å². The molecule has 0 amide bonds. The zero-order valence-electron chi connectivity index (χ0n) is 17.6. The van der Waals surface area contributed by atoms with E-state index in [0.29, 0.717) is 35.4 Å². The van der Waals surface area contributed by atoms with E-state index in [1.165, 1.54) is 0 Å². The van der Waals surface area contributed by atoms with Crippen LogP contribution in [0.15, 0.2) is 47.4 Å². The summed E-state index contributed by atoms with van der Waals surface area (Å²) in [7, 11) is 6.29. The SMILES string of the molecule is COc1cccc(Cn2c(-c3cc(OC)c(OC)c(OC)c3)cnc3[nH]c(=O)nc2-3)c1. The predicted octanol–water partition coefficient (Wildman–Crippen LogP) is 2.82. The van der Waals surface area contributed by atoms with Crippen LogP contribution >= 0.6 is 0 Å². The van der Waals surface area contributed by atoms with Crippen molar-refractivity contribution in [2.75, 3.05) is 28.4 Å². The van der Waals surface area contributed by atoms with E-state index in [1.54, 1.807) is 34.6 Å². The van der Waals surface area contributed by atoms with Crippen molar-refractivity contribution in [3.8, 4) is 45.9 Å². The number of imidazole rings is 1. The molecule has 4 rings (SSSR count). The Morgan fingerprint density at radius 1 is 0.968 bits per heavy atom. The molecule has 2 aromatic carbocycles. The second kappa shape index (κ2) is 8.39. The summed E-state index contributed by atoms with van der Waals surface area (Å²) < 4.78 is 23.7. The number of nitrogens with zero attached hydrogens (tertiary/aromatic N) is 3. The molecule has 0 aliphatic carbocycles. The number of aromatic amines is 1. The molecule has 9 nitrogen and oxygen atoms in total. The summed E-state index contributed by atoms with van der Waals surface area (Å²) in [6, 6.07) is 11.4. The second-order valence-corrected chi connectivity index (χ2v) is 6.71. The first-order valence-electron chi connectivity index (χ1n) is 9.46. The van der Waals surface area contributed by atoms with Crippen molar-refractivity contribution in [1.82, 2.24) is 19.5 Å². The maximum Gasteiger partial charge on any atom is 0.348 e. The number of aromatic nitrogens is 4. The minimum atomic E-state index is -0.455. The van der Waals surface area contributed by atoms with Crippen LogP contribution in [0, 0.1) is 0 Å². The number of ether oxygens (including phenoxy) is 4. The van der Waals surface area contributed by atoms with Crippen LogP contribution in [-0.2, 0) is 6.54 Å². The molecule has 160 valence electrons. The first kappa shape index (κ1) is 20.3. The monoisotopic (exact) mass is 422 g/mol. The highest BCUT2D eigenvalue weighted by atomic mass is 16.5. The van der Waals surface area contributed by atoms with E-state index in [0.717, 1.165) is 22.6 Å². The number of nitrogens with one attached hydrogen (secondary N) is 1. The molecule has 1 N–H and O–H groups in total. The fourth-order valence-corrected chi connectivity index (χ4v) is 3.49. The van der Waals surface area contributed by atoms with Gasteiger partial charge in [-0.3, -0.25) is 4.98 Å². The fraction of sp³-hybridized carbons (Fsp3) is 0.227. The normalized spacial score (nSPS) is 10.8. The molecule has 2 heterocycles. The maximum atomic E-state index is 11.9. The Hall–Kier alpha value is -4.01. The van der Waals surface area contributed by atoms with Gasteiger partial charge in [0, 0.05) is 12.1 Å². The van der Waals surface area contributed by atoms with Crippen molar-refractivity contribution in [1.29, 1.82) is 0 Å². The van der Waals surface area contributed by atoms with Crippen LogP contribution in [0.25, 0.3) is 22.9 Å². The van der Waals surface area contributed by atoms with Gasteiger partial charge < -0.3 is 23.5 Å². The van der Waals surface area contributed by atoms with Crippen LogP contribution in [0.3, 0.4) is 0 Å². The summed E-state index contributed by atoms with van der Waals surface area (Å²) >= 11 is 0. The summed E-state index contributed by atoms with van der Waals surface area (Å²) in [5.74, 6) is 3.10. The van der Waals surface area contributed by atoms with Crippen molar-refractivity contribution in [3.05, 3.63) is 58.6 Å². The average molecular weight is 422 g/mol. The Morgan fingerprint density at radius 2 is 1.71 bits per heavy atom. The Kier molecular flexibility index (Phi) is 5.48. The lowest BCUT2D eigenvalue weighted by atomic mass is 10.1. The molecule has 2 aromatic rings. The lowest BCUT2D eigenvalue weighted by Gasteiger charge is -2.19. The third kappa shape index (κ3) is 3.77. The van der Waals surface area contributed by atoms with E-state index in [9.17, 15) is 4.79 Å². The molecular formula is C22H22N4O5. The molecule has 0 bridgehead atoms. The van der Waals surface area contributed by atoms with Gasteiger partial charge in [-0.25, -0.2) is 9.78 Å². The number of hydrogen-bond acceptors (Lipinski definition) is 7. The molecular weight excluding hydrogens is 400 g/mol. The van der Waals surface area contributed by atoms with Gasteiger partial charge in [0.15, 0.2) is 23.1 Å². The number of H-pyrrole nitrogens is 1. The third-order valence-electron chi connectivity index (χ3n) is 4.94. The molecule has 0 radical (unpaired) electrons. The molecule has 0 saturated heterocycles. The van der Waals surface area contributed by atoms with Gasteiger partial charge in [0.05, 0.1) is 40.3 Å². The van der Waals surface area contributed by atoms with Crippen molar-refractivity contribution >= 4 is 0 Å². The topological polar surface area (TPSA) is 100 Å². The third-order valence-corrected chi connectivity index (χ3v) is 4.94. The molecule has 0 aromatic heterocycles. The lowest BCUT2D eigenvalue weighted by molar-refractivity contribution is 0.324. The van der Waals surface area contributed by atoms with E-state index in [4.69, 9.17) is 18.9 Å². The van der Waals surface area contributed by atoms with E-state index >= 15 is 0 Å². The molecule has 0 atom stereocenters. The van der Waals surface area contributed by atoms with Gasteiger partial charge in [0.1, 0.15) is 5.75 Å². The average Bonchev–Trinajstić information content (AvgIpc) is 3.19. The van der Waals surface area contributed by atoms with Crippen molar-refractivity contribution in [2.24, 2.45) is 0 Å². The molecule has 2 aliphatic rings. The Morgan fingerprint density at radius 3 is 2.35 bits per heavy atom. The first-order valence-corrected chi connectivity index (χ1v) is 9.46. The lowest BCUT2D eigenvalue weighted by Crippen LogP contribution is -2.11. The quantitative estimate of drug-likeness (QED) is 0.489. The van der Waals surface area contributed by atoms with E-state index in [-0.39, 0.29) is 0 Å². The standard InChI is InChI=1S/C22H22N4O5/c1-28-15-7-5-6-13(8-15)12-26-16(11-23-20-21(26)25-22(27)24-20)14-9-17(29-2)19(31-4)18(10-14)30-3/h5-11H,12H2,1-4H3,(H,23,24,27). The van der Waals surface area contributed by atoms with E-state index in [2.05, 4.69) is 15.0 Å². The summed E-state index contributed by atoms with van der Waals surface area (Å²) in [6.07, 6.45) is 1.68. The van der Waals surface area contributed by atoms with Gasteiger partial charge in [-0.1, -0.05) is 12.1 Å². The summed E-state index contributed by atoms with van der Waals surface area (Å²) in [5, 5.41) is 0. The minimum Gasteiger partial charge on any atom is -0.497 e. The molecule has 9 heteroatoms. The van der Waals surface area contributed by atoms with E-state index < -0.39 is 5.69 Å². The highest BCUT2D eigenvalue weighted by molar-refractivity contribution is 5.70. The Balaban J connectivity index is 1.93. The maximum absolute atomic E-state index is 11.9. The zero-order chi connectivity index (χ0) is 22.0. The van der Waals surface area contributed by atoms with Crippen molar-refractivity contribution < 1.29 is 18.9 Å². The Bertz CT molecular complexity index is 1220. The number of fused-ring (bicyclic) bond motifs is 1. The zero-order valence-corrected chi connectivity index (χ0v) is 17.6. The van der Waals surface area contributed by atoms with Gasteiger partial charge in [-0.15, -0.1) is 0 Å². The number of methoxy groups -OCH3 is 4. The smallest absolute Gasteiger partial charge is 0.348 e. The van der Waals surface area contributed by atoms with Crippen LogP contribution in [0.1, 0.15) is 5.56 Å². The molecule has 0 saturated carbocycles.